The highest BCUT2D eigenvalue weighted by atomic mass is 32.2. The lowest BCUT2D eigenvalue weighted by molar-refractivity contribution is 0.0976. The van der Waals surface area contributed by atoms with Gasteiger partial charge in [0.25, 0.3) is 5.91 Å². The zero-order chi connectivity index (χ0) is 16.9. The lowest BCUT2D eigenvalue weighted by atomic mass is 10.1. The van der Waals surface area contributed by atoms with Gasteiger partial charge in [0.2, 0.25) is 10.0 Å². The maximum atomic E-state index is 12.1. The topological polar surface area (TPSA) is 109 Å². The molecule has 2 rings (SSSR count). The fourth-order valence-corrected chi connectivity index (χ4v) is 3.66. The Bertz CT molecular complexity index is 853. The van der Waals surface area contributed by atoms with E-state index in [1.165, 1.54) is 36.0 Å². The first-order valence-corrected chi connectivity index (χ1v) is 8.94. The monoisotopic (exact) mass is 351 g/mol. The Morgan fingerprint density at radius 1 is 1.43 bits per heavy atom. The van der Waals surface area contributed by atoms with Crippen LogP contribution in [-0.4, -0.2) is 26.4 Å². The number of thiazole rings is 1. The molecule has 23 heavy (non-hydrogen) atoms. The fourth-order valence-electron chi connectivity index (χ4n) is 1.79. The van der Waals surface area contributed by atoms with Crippen LogP contribution in [-0.2, 0) is 27.1 Å². The number of ether oxygens (including phenoxy) is 1. The zero-order valence-electron chi connectivity index (χ0n) is 12.1. The third-order valence-electron chi connectivity index (χ3n) is 2.78. The Labute approximate surface area is 137 Å². The van der Waals surface area contributed by atoms with Crippen molar-refractivity contribution < 1.29 is 17.9 Å². The van der Waals surface area contributed by atoms with Gasteiger partial charge in [-0.25, -0.2) is 18.1 Å². The van der Waals surface area contributed by atoms with Crippen molar-refractivity contribution in [1.82, 2.24) is 9.71 Å². The number of nitriles is 1. The smallest absolute Gasteiger partial charge is 0.284 e. The Kier molecular flexibility index (Phi) is 5.44. The van der Waals surface area contributed by atoms with Crippen LogP contribution in [0.25, 0.3) is 0 Å². The molecule has 1 heterocycles. The first-order chi connectivity index (χ1) is 10.9. The quantitative estimate of drug-likeness (QED) is 0.843. The summed E-state index contributed by atoms with van der Waals surface area (Å²) in [5.41, 5.74) is 0.592. The molecule has 1 aromatic carbocycles. The van der Waals surface area contributed by atoms with Crippen LogP contribution in [0.2, 0.25) is 0 Å². The molecule has 0 atom stereocenters. The number of sulfonamides is 1. The van der Waals surface area contributed by atoms with Gasteiger partial charge in [0.05, 0.1) is 24.0 Å². The minimum Gasteiger partial charge on any atom is -0.378 e. The van der Waals surface area contributed by atoms with Gasteiger partial charge in [0.1, 0.15) is 10.7 Å². The molecule has 0 spiro atoms. The first-order valence-electron chi connectivity index (χ1n) is 6.41. The second-order valence-electron chi connectivity index (χ2n) is 4.52. The number of methoxy groups -OCH3 is 1. The largest absolute Gasteiger partial charge is 0.378 e. The van der Waals surface area contributed by atoms with Crippen molar-refractivity contribution in [1.29, 1.82) is 5.26 Å². The van der Waals surface area contributed by atoms with Crippen molar-refractivity contribution in [3.05, 3.63) is 51.5 Å². The standard InChI is InChI=1S/C14H13N3O4S2/c1-21-7-13-16-12(8-22-13)14(18)17-23(19,20)9-11-5-3-2-4-10(11)6-15/h2-5,8H,7,9H2,1H3,(H,17,18). The van der Waals surface area contributed by atoms with E-state index in [1.54, 1.807) is 12.1 Å². The van der Waals surface area contributed by atoms with E-state index in [2.05, 4.69) is 4.98 Å². The number of carbonyl (C=O) groups is 1. The second kappa shape index (κ2) is 7.32. The number of hydrogen-bond donors (Lipinski definition) is 1. The third-order valence-corrected chi connectivity index (χ3v) is 4.79. The number of nitrogens with one attached hydrogen (secondary N) is 1. The molecule has 0 radical (unpaired) electrons. The number of amides is 1. The van der Waals surface area contributed by atoms with Gasteiger partial charge in [-0.05, 0) is 11.6 Å². The molecule has 0 saturated heterocycles. The maximum Gasteiger partial charge on any atom is 0.284 e. The summed E-state index contributed by atoms with van der Waals surface area (Å²) in [7, 11) is -2.44. The molecule has 2 aromatic rings. The van der Waals surface area contributed by atoms with E-state index < -0.39 is 21.7 Å². The van der Waals surface area contributed by atoms with Crippen molar-refractivity contribution in [3.63, 3.8) is 0 Å². The fraction of sp³-hybridized carbons (Fsp3) is 0.214. The van der Waals surface area contributed by atoms with E-state index >= 15 is 0 Å². The zero-order valence-corrected chi connectivity index (χ0v) is 13.8. The molecule has 0 saturated carbocycles. The van der Waals surface area contributed by atoms with Gasteiger partial charge in [-0.3, -0.25) is 4.79 Å². The number of aromatic nitrogens is 1. The van der Waals surface area contributed by atoms with Gasteiger partial charge in [-0.2, -0.15) is 5.26 Å². The summed E-state index contributed by atoms with van der Waals surface area (Å²) >= 11 is 1.20. The van der Waals surface area contributed by atoms with Crippen LogP contribution in [0.4, 0.5) is 0 Å². The Morgan fingerprint density at radius 3 is 2.87 bits per heavy atom. The summed E-state index contributed by atoms with van der Waals surface area (Å²) in [4.78, 5) is 16.0. The average molecular weight is 351 g/mol. The molecule has 0 fully saturated rings. The maximum absolute atomic E-state index is 12.1. The van der Waals surface area contributed by atoms with Crippen molar-refractivity contribution in [3.8, 4) is 6.07 Å². The van der Waals surface area contributed by atoms with Crippen molar-refractivity contribution in [2.45, 2.75) is 12.4 Å². The molecular formula is C14H13N3O4S2. The van der Waals surface area contributed by atoms with E-state index in [-0.39, 0.29) is 17.9 Å². The van der Waals surface area contributed by atoms with Gasteiger partial charge in [0.15, 0.2) is 0 Å². The molecule has 0 bridgehead atoms. The summed E-state index contributed by atoms with van der Waals surface area (Å²) in [6, 6.07) is 8.24. The summed E-state index contributed by atoms with van der Waals surface area (Å²) in [5.74, 6) is -1.27. The summed E-state index contributed by atoms with van der Waals surface area (Å²) in [6.45, 7) is 0.250. The molecule has 0 aliphatic heterocycles. The van der Waals surface area contributed by atoms with Crippen LogP contribution >= 0.6 is 11.3 Å². The van der Waals surface area contributed by atoms with Gasteiger partial charge < -0.3 is 4.74 Å². The molecule has 1 amide bonds. The molecule has 9 heteroatoms. The normalized spacial score (nSPS) is 11.0. The van der Waals surface area contributed by atoms with Crippen molar-refractivity contribution >= 4 is 27.3 Å². The van der Waals surface area contributed by atoms with Crippen LogP contribution in [0.5, 0.6) is 0 Å². The molecule has 0 aliphatic rings. The van der Waals surface area contributed by atoms with Crippen LogP contribution < -0.4 is 4.72 Å². The number of nitrogens with zero attached hydrogens (tertiary/aromatic N) is 2. The highest BCUT2D eigenvalue weighted by molar-refractivity contribution is 7.89. The van der Waals surface area contributed by atoms with Crippen LogP contribution in [0.1, 0.15) is 26.6 Å². The van der Waals surface area contributed by atoms with Crippen molar-refractivity contribution in [2.75, 3.05) is 7.11 Å². The second-order valence-corrected chi connectivity index (χ2v) is 7.18. The van der Waals surface area contributed by atoms with E-state index in [0.717, 1.165) is 0 Å². The lowest BCUT2D eigenvalue weighted by Crippen LogP contribution is -2.32. The van der Waals surface area contributed by atoms with Crippen LogP contribution in [0, 0.1) is 11.3 Å². The SMILES string of the molecule is COCc1nc(C(=O)NS(=O)(=O)Cc2ccccc2C#N)cs1. The minimum atomic E-state index is -3.93. The van der Waals surface area contributed by atoms with E-state index in [1.807, 2.05) is 10.8 Å². The van der Waals surface area contributed by atoms with Crippen LogP contribution in [0.15, 0.2) is 29.6 Å². The third kappa shape index (κ3) is 4.59. The molecule has 0 unspecified atom stereocenters. The number of carbonyl (C=O) groups excluding carboxylic acids is 1. The van der Waals surface area contributed by atoms with Crippen LogP contribution in [0.3, 0.4) is 0 Å². The molecule has 1 aromatic heterocycles. The predicted octanol–water partition coefficient (Wildman–Crippen LogP) is 1.42. The lowest BCUT2D eigenvalue weighted by Gasteiger charge is -2.06. The highest BCUT2D eigenvalue weighted by Gasteiger charge is 2.20. The number of hydrogen-bond acceptors (Lipinski definition) is 7. The Balaban J connectivity index is 2.11. The van der Waals surface area contributed by atoms with E-state index in [4.69, 9.17) is 10.00 Å². The molecule has 1 N–H and O–H groups in total. The predicted molar refractivity (Wildman–Crippen MR) is 84.1 cm³/mol. The Hall–Kier alpha value is -2.28. The summed E-state index contributed by atoms with van der Waals surface area (Å²) in [5, 5.41) is 11.0. The highest BCUT2D eigenvalue weighted by Crippen LogP contribution is 2.13. The first kappa shape index (κ1) is 17.1. The van der Waals surface area contributed by atoms with Gasteiger partial charge in [0, 0.05) is 12.5 Å². The number of benzene rings is 1. The van der Waals surface area contributed by atoms with Crippen molar-refractivity contribution in [2.24, 2.45) is 0 Å². The average Bonchev–Trinajstić information content (AvgIpc) is 2.96. The van der Waals surface area contributed by atoms with Gasteiger partial charge >= 0.3 is 0 Å². The Morgan fingerprint density at radius 2 is 2.17 bits per heavy atom. The minimum absolute atomic E-state index is 0.0131. The molecular weight excluding hydrogens is 338 g/mol. The van der Waals surface area contributed by atoms with Gasteiger partial charge in [-0.1, -0.05) is 18.2 Å². The summed E-state index contributed by atoms with van der Waals surface area (Å²) in [6.07, 6.45) is 0. The van der Waals surface area contributed by atoms with E-state index in [9.17, 15) is 13.2 Å². The van der Waals surface area contributed by atoms with E-state index in [0.29, 0.717) is 10.6 Å². The molecule has 0 aliphatic carbocycles. The molecule has 120 valence electrons. The molecule has 7 nitrogen and oxygen atoms in total. The number of rotatable bonds is 6. The van der Waals surface area contributed by atoms with Gasteiger partial charge in [-0.15, -0.1) is 11.3 Å². The summed E-state index contributed by atoms with van der Waals surface area (Å²) < 4.78 is 31.0.